The summed E-state index contributed by atoms with van der Waals surface area (Å²) in [6, 6.07) is 6.42. The summed E-state index contributed by atoms with van der Waals surface area (Å²) in [4.78, 5) is 23.5. The zero-order chi connectivity index (χ0) is 19.9. The fourth-order valence-corrected chi connectivity index (χ4v) is 3.89. The molecule has 0 aromatic heterocycles. The monoisotopic (exact) mass is 387 g/mol. The Morgan fingerprint density at radius 2 is 2.11 bits per heavy atom. The molecule has 0 bridgehead atoms. The number of nitro groups is 1. The number of benzene rings is 1. The second-order valence-corrected chi connectivity index (χ2v) is 7.02. The molecule has 1 atom stereocenters. The summed E-state index contributed by atoms with van der Waals surface area (Å²) in [6.45, 7) is 0. The smallest absolute Gasteiger partial charge is 0.288 e. The summed E-state index contributed by atoms with van der Waals surface area (Å²) < 4.78 is 0. The highest BCUT2D eigenvalue weighted by atomic mass is 35.5. The fraction of sp³-hybridized carbons (Fsp3) is 0.333. The lowest BCUT2D eigenvalue weighted by Gasteiger charge is -2.42. The summed E-state index contributed by atoms with van der Waals surface area (Å²) in [5.41, 5.74) is 7.85. The lowest BCUT2D eigenvalue weighted by Crippen LogP contribution is -2.45. The molecule has 3 rings (SSSR count). The fourth-order valence-electron chi connectivity index (χ4n) is 3.71. The molecular weight excluding hydrogens is 370 g/mol. The van der Waals surface area contributed by atoms with Gasteiger partial charge in [-0.15, -0.1) is 0 Å². The summed E-state index contributed by atoms with van der Waals surface area (Å²) in [5.74, 6) is -0.602. The van der Waals surface area contributed by atoms with Gasteiger partial charge in [-0.1, -0.05) is 17.7 Å². The average Bonchev–Trinajstić information content (AvgIpc) is 2.60. The number of allylic oxidation sites excluding steroid dienone is 3. The summed E-state index contributed by atoms with van der Waals surface area (Å²) in [7, 11) is 3.55. The Morgan fingerprint density at radius 3 is 2.70 bits per heavy atom. The number of hydrogen-bond acceptors (Lipinski definition) is 7. The molecule has 0 saturated carbocycles. The number of halogens is 1. The van der Waals surface area contributed by atoms with Crippen LogP contribution in [0.15, 0.2) is 40.9 Å². The number of nitrogens with zero attached hydrogens (tertiary/aromatic N) is 4. The molecule has 140 valence electrons. The van der Waals surface area contributed by atoms with E-state index in [1.165, 1.54) is 12.1 Å². The van der Waals surface area contributed by atoms with Crippen molar-refractivity contribution in [3.63, 3.8) is 0 Å². The van der Waals surface area contributed by atoms with E-state index in [4.69, 9.17) is 17.3 Å². The molecule has 0 spiro atoms. The first-order valence-corrected chi connectivity index (χ1v) is 8.72. The van der Waals surface area contributed by atoms with E-state index in [9.17, 15) is 20.2 Å². The lowest BCUT2D eigenvalue weighted by atomic mass is 9.76. The minimum absolute atomic E-state index is 0.00545. The zero-order valence-corrected chi connectivity index (χ0v) is 15.7. The minimum Gasteiger partial charge on any atom is -0.383 e. The van der Waals surface area contributed by atoms with Crippen molar-refractivity contribution in [2.45, 2.75) is 25.2 Å². The van der Waals surface area contributed by atoms with E-state index >= 15 is 0 Å². The van der Waals surface area contributed by atoms with Crippen molar-refractivity contribution in [2.75, 3.05) is 14.1 Å². The van der Waals surface area contributed by atoms with Gasteiger partial charge in [-0.25, -0.2) is 5.01 Å². The molecule has 1 aliphatic carbocycles. The molecule has 0 radical (unpaired) electrons. The van der Waals surface area contributed by atoms with Crippen LogP contribution in [0.2, 0.25) is 5.02 Å². The van der Waals surface area contributed by atoms with Crippen molar-refractivity contribution in [1.82, 2.24) is 10.0 Å². The van der Waals surface area contributed by atoms with Crippen molar-refractivity contribution >= 4 is 23.1 Å². The Labute approximate surface area is 161 Å². The molecule has 1 aromatic carbocycles. The third-order valence-corrected chi connectivity index (χ3v) is 5.11. The molecule has 1 heterocycles. The Morgan fingerprint density at radius 1 is 1.41 bits per heavy atom. The van der Waals surface area contributed by atoms with Gasteiger partial charge in [-0.2, -0.15) is 5.26 Å². The first-order chi connectivity index (χ1) is 12.8. The van der Waals surface area contributed by atoms with Gasteiger partial charge in [0.1, 0.15) is 10.8 Å². The van der Waals surface area contributed by atoms with Gasteiger partial charge < -0.3 is 5.73 Å². The predicted octanol–water partition coefficient (Wildman–Crippen LogP) is 2.82. The number of carbonyl (C=O) groups excluding carboxylic acids is 1. The third kappa shape index (κ3) is 3.05. The van der Waals surface area contributed by atoms with Gasteiger partial charge in [0.15, 0.2) is 5.78 Å². The van der Waals surface area contributed by atoms with Crippen LogP contribution in [0.3, 0.4) is 0 Å². The summed E-state index contributed by atoms with van der Waals surface area (Å²) in [5, 5.41) is 24.5. The first-order valence-electron chi connectivity index (χ1n) is 8.35. The zero-order valence-electron chi connectivity index (χ0n) is 14.9. The Hall–Kier alpha value is -2.89. The minimum atomic E-state index is -0.745. The van der Waals surface area contributed by atoms with Gasteiger partial charge >= 0.3 is 0 Å². The molecule has 1 aliphatic heterocycles. The Bertz CT molecular complexity index is 945. The van der Waals surface area contributed by atoms with Gasteiger partial charge in [0.05, 0.1) is 22.5 Å². The van der Waals surface area contributed by atoms with Crippen LogP contribution in [0.25, 0.3) is 0 Å². The van der Waals surface area contributed by atoms with Gasteiger partial charge in [0.25, 0.3) is 5.69 Å². The van der Waals surface area contributed by atoms with Gasteiger partial charge in [-0.05, 0) is 24.5 Å². The standard InChI is InChI=1S/C18H18ClN5O3/c1-22(2)23-13-4-3-5-15(25)17(13)16(11(9-20)18(23)21)10-6-7-12(19)14(8-10)24(26)27/h6-8,16H,3-5,21H2,1-2H3. The van der Waals surface area contributed by atoms with Crippen molar-refractivity contribution in [3.05, 3.63) is 61.6 Å². The highest BCUT2D eigenvalue weighted by Gasteiger charge is 2.41. The number of hydrazine groups is 1. The summed E-state index contributed by atoms with van der Waals surface area (Å²) in [6.07, 6.45) is 1.68. The molecule has 8 nitrogen and oxygen atoms in total. The van der Waals surface area contributed by atoms with Crippen LogP contribution in [-0.4, -0.2) is 34.8 Å². The van der Waals surface area contributed by atoms with Crippen LogP contribution >= 0.6 is 11.6 Å². The normalized spacial score (nSPS) is 20.0. The number of hydrogen-bond donors (Lipinski definition) is 1. The van der Waals surface area contributed by atoms with Gasteiger partial charge in [0.2, 0.25) is 0 Å². The van der Waals surface area contributed by atoms with Crippen LogP contribution < -0.4 is 5.73 Å². The van der Waals surface area contributed by atoms with E-state index in [0.717, 1.165) is 5.70 Å². The topological polar surface area (TPSA) is 116 Å². The molecule has 2 aliphatic rings. The van der Waals surface area contributed by atoms with Crippen LogP contribution in [0, 0.1) is 21.4 Å². The van der Waals surface area contributed by atoms with Crippen molar-refractivity contribution < 1.29 is 9.72 Å². The molecule has 27 heavy (non-hydrogen) atoms. The second-order valence-electron chi connectivity index (χ2n) is 6.61. The maximum Gasteiger partial charge on any atom is 0.288 e. The van der Waals surface area contributed by atoms with E-state index < -0.39 is 10.8 Å². The molecule has 0 amide bonds. The molecule has 1 unspecified atom stereocenters. The number of Topliss-reactive ketones (excluding diaryl/α,β-unsaturated/α-hetero) is 1. The molecule has 9 heteroatoms. The Kier molecular flexibility index (Phi) is 4.91. The second kappa shape index (κ2) is 7.02. The molecule has 2 N–H and O–H groups in total. The Balaban J connectivity index is 2.28. The number of nitriles is 1. The quantitative estimate of drug-likeness (QED) is 0.625. The largest absolute Gasteiger partial charge is 0.383 e. The first kappa shape index (κ1) is 18.9. The molecular formula is C18H18ClN5O3. The highest BCUT2D eigenvalue weighted by molar-refractivity contribution is 6.32. The van der Waals surface area contributed by atoms with Crippen LogP contribution in [0.4, 0.5) is 5.69 Å². The average molecular weight is 388 g/mol. The lowest BCUT2D eigenvalue weighted by molar-refractivity contribution is -0.384. The van der Waals surface area contributed by atoms with E-state index in [1.807, 2.05) is 0 Å². The van der Waals surface area contributed by atoms with E-state index in [1.54, 1.807) is 30.2 Å². The maximum absolute atomic E-state index is 12.8. The van der Waals surface area contributed by atoms with E-state index in [2.05, 4.69) is 6.07 Å². The van der Waals surface area contributed by atoms with Crippen LogP contribution in [-0.2, 0) is 4.79 Å². The molecule has 0 saturated heterocycles. The highest BCUT2D eigenvalue weighted by Crippen LogP contribution is 2.45. The van der Waals surface area contributed by atoms with Gasteiger partial charge in [0, 0.05) is 37.9 Å². The number of ketones is 1. The SMILES string of the molecule is CN(C)N1C(N)=C(C#N)C(c2ccc(Cl)c([N+](=O)[O-])c2)C2=C1CCCC2=O. The predicted molar refractivity (Wildman–Crippen MR) is 99.1 cm³/mol. The third-order valence-electron chi connectivity index (χ3n) is 4.79. The number of carbonyl (C=O) groups is 1. The molecule has 1 aromatic rings. The van der Waals surface area contributed by atoms with E-state index in [0.29, 0.717) is 30.4 Å². The van der Waals surface area contributed by atoms with Crippen LogP contribution in [0.1, 0.15) is 30.7 Å². The van der Waals surface area contributed by atoms with Gasteiger partial charge in [-0.3, -0.25) is 19.9 Å². The van der Waals surface area contributed by atoms with E-state index in [-0.39, 0.29) is 27.9 Å². The maximum atomic E-state index is 12.8. The number of rotatable bonds is 3. The van der Waals surface area contributed by atoms with Crippen molar-refractivity contribution in [1.29, 1.82) is 5.26 Å². The number of nitrogens with two attached hydrogens (primary N) is 1. The summed E-state index contributed by atoms with van der Waals surface area (Å²) >= 11 is 5.92. The van der Waals surface area contributed by atoms with Crippen molar-refractivity contribution in [3.8, 4) is 6.07 Å². The van der Waals surface area contributed by atoms with Crippen molar-refractivity contribution in [2.24, 2.45) is 5.73 Å². The molecule has 0 fully saturated rings. The number of nitro benzene ring substituents is 1. The van der Waals surface area contributed by atoms with Crippen LogP contribution in [0.5, 0.6) is 0 Å².